The fraction of sp³-hybridized carbons (Fsp3) is 0.462. The molecule has 0 aromatic carbocycles. The van der Waals surface area contributed by atoms with Gasteiger partial charge < -0.3 is 10.1 Å². The molecule has 0 amide bonds. The van der Waals surface area contributed by atoms with Gasteiger partial charge in [0.05, 0.1) is 13.2 Å². The number of ether oxygens (including phenoxy) is 1. The van der Waals surface area contributed by atoms with Crippen molar-refractivity contribution in [2.75, 3.05) is 11.9 Å². The van der Waals surface area contributed by atoms with Gasteiger partial charge >= 0.3 is 6.01 Å². The van der Waals surface area contributed by atoms with Crippen LogP contribution < -0.4 is 10.1 Å². The van der Waals surface area contributed by atoms with Gasteiger partial charge in [-0.2, -0.15) is 15.0 Å². The third-order valence-electron chi connectivity index (χ3n) is 2.65. The number of aryl methyl sites for hydroxylation is 1. The van der Waals surface area contributed by atoms with Crippen molar-refractivity contribution in [1.29, 1.82) is 0 Å². The lowest BCUT2D eigenvalue weighted by molar-refractivity contribution is 0.291. The molecule has 0 radical (unpaired) electrons. The predicted octanol–water partition coefficient (Wildman–Crippen LogP) is 3.55. The monoisotopic (exact) mass is 312 g/mol. The summed E-state index contributed by atoms with van der Waals surface area (Å²) in [6.45, 7) is 5.40. The van der Waals surface area contributed by atoms with Crippen LogP contribution in [0.2, 0.25) is 5.28 Å². The summed E-state index contributed by atoms with van der Waals surface area (Å²) in [6.07, 6.45) is 1.91. The van der Waals surface area contributed by atoms with Gasteiger partial charge in [0, 0.05) is 4.88 Å². The average molecular weight is 313 g/mol. The van der Waals surface area contributed by atoms with Gasteiger partial charge in [0.2, 0.25) is 11.2 Å². The second kappa shape index (κ2) is 7.40. The Kier molecular flexibility index (Phi) is 5.55. The Balaban J connectivity index is 2.03. The third-order valence-corrected chi connectivity index (χ3v) is 3.78. The van der Waals surface area contributed by atoms with E-state index in [0.29, 0.717) is 19.1 Å². The normalized spacial score (nSPS) is 10.6. The highest BCUT2D eigenvalue weighted by Crippen LogP contribution is 2.19. The lowest BCUT2D eigenvalue weighted by atomic mass is 10.2. The Morgan fingerprint density at radius 3 is 2.90 bits per heavy atom. The summed E-state index contributed by atoms with van der Waals surface area (Å²) < 4.78 is 5.37. The second-order valence-electron chi connectivity index (χ2n) is 4.14. The number of anilines is 1. The molecule has 2 heterocycles. The van der Waals surface area contributed by atoms with Gasteiger partial charge in [-0.15, -0.1) is 11.3 Å². The average Bonchev–Trinajstić information content (AvgIpc) is 2.90. The Morgan fingerprint density at radius 1 is 1.30 bits per heavy atom. The summed E-state index contributed by atoms with van der Waals surface area (Å²) in [7, 11) is 0. The highest BCUT2D eigenvalue weighted by atomic mass is 35.5. The number of rotatable bonds is 7. The fourth-order valence-electron chi connectivity index (χ4n) is 1.67. The lowest BCUT2D eigenvalue weighted by Crippen LogP contribution is -2.07. The summed E-state index contributed by atoms with van der Waals surface area (Å²) in [4.78, 5) is 13.5. The number of halogens is 1. The highest BCUT2D eigenvalue weighted by molar-refractivity contribution is 7.10. The van der Waals surface area contributed by atoms with Gasteiger partial charge in [-0.05, 0) is 41.5 Å². The summed E-state index contributed by atoms with van der Waals surface area (Å²) >= 11 is 7.59. The molecule has 0 fully saturated rings. The van der Waals surface area contributed by atoms with Crippen molar-refractivity contribution >= 4 is 28.9 Å². The zero-order valence-corrected chi connectivity index (χ0v) is 13.1. The van der Waals surface area contributed by atoms with E-state index in [-0.39, 0.29) is 11.3 Å². The Hall–Kier alpha value is -1.40. The first-order valence-electron chi connectivity index (χ1n) is 6.56. The standard InChI is InChI=1S/C13H17ClN4OS/c1-3-6-19-13-17-11(14)16-12(18-13)15-8-10-9(4-2)5-7-20-10/h5,7H,3-4,6,8H2,1-2H3,(H,15,16,17,18). The van der Waals surface area contributed by atoms with Gasteiger partial charge in [-0.1, -0.05) is 13.8 Å². The molecule has 5 nitrogen and oxygen atoms in total. The Bertz CT molecular complexity index is 561. The molecule has 20 heavy (non-hydrogen) atoms. The third kappa shape index (κ3) is 4.05. The maximum Gasteiger partial charge on any atom is 0.322 e. The van der Waals surface area contributed by atoms with Gasteiger partial charge in [-0.25, -0.2) is 0 Å². The SMILES string of the molecule is CCCOc1nc(Cl)nc(NCc2sccc2CC)n1. The molecule has 0 spiro atoms. The van der Waals surface area contributed by atoms with Crippen LogP contribution in [0.15, 0.2) is 11.4 Å². The second-order valence-corrected chi connectivity index (χ2v) is 5.47. The summed E-state index contributed by atoms with van der Waals surface area (Å²) in [5, 5.41) is 5.39. The molecule has 0 aliphatic rings. The molecule has 0 aliphatic carbocycles. The minimum Gasteiger partial charge on any atom is -0.463 e. The minimum atomic E-state index is 0.135. The van der Waals surface area contributed by atoms with E-state index in [1.165, 1.54) is 10.4 Å². The van der Waals surface area contributed by atoms with Gasteiger partial charge in [-0.3, -0.25) is 0 Å². The van der Waals surface area contributed by atoms with Crippen molar-refractivity contribution in [2.45, 2.75) is 33.2 Å². The van der Waals surface area contributed by atoms with E-state index < -0.39 is 0 Å². The van der Waals surface area contributed by atoms with E-state index in [9.17, 15) is 0 Å². The molecule has 0 bridgehead atoms. The summed E-state index contributed by atoms with van der Waals surface area (Å²) in [6, 6.07) is 2.40. The fourth-order valence-corrected chi connectivity index (χ4v) is 2.73. The quantitative estimate of drug-likeness (QED) is 0.847. The van der Waals surface area contributed by atoms with Crippen molar-refractivity contribution < 1.29 is 4.74 Å². The first-order chi connectivity index (χ1) is 9.72. The number of thiophene rings is 1. The number of nitrogens with one attached hydrogen (secondary N) is 1. The van der Waals surface area contributed by atoms with Crippen molar-refractivity contribution in [1.82, 2.24) is 15.0 Å². The molecule has 0 saturated carbocycles. The number of aromatic nitrogens is 3. The number of hydrogen-bond donors (Lipinski definition) is 1. The molecule has 108 valence electrons. The van der Waals surface area contributed by atoms with E-state index in [2.05, 4.69) is 38.6 Å². The van der Waals surface area contributed by atoms with Crippen molar-refractivity contribution in [2.24, 2.45) is 0 Å². The van der Waals surface area contributed by atoms with Crippen LogP contribution in [0.4, 0.5) is 5.95 Å². The van der Waals surface area contributed by atoms with Crippen LogP contribution in [0.5, 0.6) is 6.01 Å². The van der Waals surface area contributed by atoms with Crippen LogP contribution >= 0.6 is 22.9 Å². The maximum absolute atomic E-state index is 5.87. The molecule has 2 aromatic rings. The molecule has 0 saturated heterocycles. The van der Waals surface area contributed by atoms with Gasteiger partial charge in [0.25, 0.3) is 0 Å². The molecule has 0 atom stereocenters. The van der Waals surface area contributed by atoms with Crippen molar-refractivity contribution in [3.05, 3.63) is 27.2 Å². The zero-order valence-electron chi connectivity index (χ0n) is 11.5. The predicted molar refractivity (Wildman–Crippen MR) is 81.6 cm³/mol. The largest absolute Gasteiger partial charge is 0.463 e. The smallest absolute Gasteiger partial charge is 0.322 e. The van der Waals surface area contributed by atoms with Crippen LogP contribution in [0, 0.1) is 0 Å². The van der Waals surface area contributed by atoms with E-state index >= 15 is 0 Å². The Labute approximate surface area is 127 Å². The van der Waals surface area contributed by atoms with Crippen molar-refractivity contribution in [3.63, 3.8) is 0 Å². The van der Waals surface area contributed by atoms with Crippen LogP contribution in [0.1, 0.15) is 30.7 Å². The van der Waals surface area contributed by atoms with Crippen LogP contribution in [0.25, 0.3) is 0 Å². The van der Waals surface area contributed by atoms with Crippen molar-refractivity contribution in [3.8, 4) is 6.01 Å². The minimum absolute atomic E-state index is 0.135. The van der Waals surface area contributed by atoms with Gasteiger partial charge in [0.15, 0.2) is 0 Å². The number of hydrogen-bond acceptors (Lipinski definition) is 6. The molecular formula is C13H17ClN4OS. The molecule has 7 heteroatoms. The first kappa shape index (κ1) is 15.0. The van der Waals surface area contributed by atoms with Gasteiger partial charge in [0.1, 0.15) is 0 Å². The summed E-state index contributed by atoms with van der Waals surface area (Å²) in [5.74, 6) is 0.437. The highest BCUT2D eigenvalue weighted by Gasteiger charge is 2.07. The van der Waals surface area contributed by atoms with E-state index in [1.807, 2.05) is 6.92 Å². The van der Waals surface area contributed by atoms with E-state index in [4.69, 9.17) is 16.3 Å². The number of nitrogens with zero attached hydrogens (tertiary/aromatic N) is 3. The molecule has 0 aliphatic heterocycles. The molecule has 0 unspecified atom stereocenters. The molecule has 1 N–H and O–H groups in total. The first-order valence-corrected chi connectivity index (χ1v) is 7.82. The maximum atomic E-state index is 5.87. The van der Waals surface area contributed by atoms with E-state index in [0.717, 1.165) is 12.8 Å². The lowest BCUT2D eigenvalue weighted by Gasteiger charge is -2.07. The molecular weight excluding hydrogens is 296 g/mol. The molecule has 2 aromatic heterocycles. The molecule has 2 rings (SSSR count). The van der Waals surface area contributed by atoms with E-state index in [1.54, 1.807) is 11.3 Å². The topological polar surface area (TPSA) is 59.9 Å². The van der Waals surface area contributed by atoms with Crippen LogP contribution in [0.3, 0.4) is 0 Å². The summed E-state index contributed by atoms with van der Waals surface area (Å²) in [5.41, 5.74) is 1.34. The van der Waals surface area contributed by atoms with Crippen LogP contribution in [-0.2, 0) is 13.0 Å². The zero-order chi connectivity index (χ0) is 14.4. The van der Waals surface area contributed by atoms with Crippen LogP contribution in [-0.4, -0.2) is 21.6 Å². The Morgan fingerprint density at radius 2 is 2.15 bits per heavy atom.